The molecule has 0 aromatic heterocycles. The van der Waals surface area contributed by atoms with Crippen molar-refractivity contribution in [1.29, 1.82) is 0 Å². The van der Waals surface area contributed by atoms with Gasteiger partial charge in [0.2, 0.25) is 5.91 Å². The summed E-state index contributed by atoms with van der Waals surface area (Å²) in [5, 5.41) is 0. The van der Waals surface area contributed by atoms with Gasteiger partial charge in [-0.2, -0.15) is 0 Å². The Labute approximate surface area is 88.0 Å². The van der Waals surface area contributed by atoms with E-state index in [2.05, 4.69) is 0 Å². The van der Waals surface area contributed by atoms with Crippen LogP contribution < -0.4 is 5.73 Å². The second kappa shape index (κ2) is 3.94. The number of thioether (sulfide) groups is 1. The van der Waals surface area contributed by atoms with Crippen molar-refractivity contribution >= 4 is 34.2 Å². The molecule has 0 bridgehead atoms. The molecule has 1 rings (SSSR count). The van der Waals surface area contributed by atoms with Crippen LogP contribution in [-0.4, -0.2) is 33.0 Å². The first-order valence-electron chi connectivity index (χ1n) is 4.19. The molecule has 3 nitrogen and oxygen atoms in total. The van der Waals surface area contributed by atoms with Crippen LogP contribution in [0.1, 0.15) is 20.3 Å². The van der Waals surface area contributed by atoms with Crippen LogP contribution in [0.3, 0.4) is 0 Å². The lowest BCUT2D eigenvalue weighted by atomic mass is 9.99. The van der Waals surface area contributed by atoms with Gasteiger partial charge in [0.1, 0.15) is 4.32 Å². The molecule has 5 heteroatoms. The summed E-state index contributed by atoms with van der Waals surface area (Å²) in [4.78, 5) is 13.2. The highest BCUT2D eigenvalue weighted by Crippen LogP contribution is 2.29. The van der Waals surface area contributed by atoms with E-state index in [-0.39, 0.29) is 11.4 Å². The normalized spacial score (nSPS) is 18.5. The zero-order valence-electron chi connectivity index (χ0n) is 7.87. The summed E-state index contributed by atoms with van der Waals surface area (Å²) in [5.41, 5.74) is 5.26. The van der Waals surface area contributed by atoms with E-state index >= 15 is 0 Å². The Kier molecular flexibility index (Phi) is 3.32. The molecule has 13 heavy (non-hydrogen) atoms. The van der Waals surface area contributed by atoms with E-state index in [0.717, 1.165) is 6.42 Å². The van der Waals surface area contributed by atoms with Crippen molar-refractivity contribution in [2.45, 2.75) is 25.8 Å². The summed E-state index contributed by atoms with van der Waals surface area (Å²) in [7, 11) is 0. The summed E-state index contributed by atoms with van der Waals surface area (Å²) in [6.07, 6.45) is 0.777. The molecule has 1 amide bonds. The predicted molar refractivity (Wildman–Crippen MR) is 59.7 cm³/mol. The lowest BCUT2D eigenvalue weighted by Crippen LogP contribution is -2.47. The number of hydrogen-bond donors (Lipinski definition) is 1. The SMILES string of the molecule is CC(C)(CCN)N1C(=O)CSC1=S. The van der Waals surface area contributed by atoms with Crippen molar-refractivity contribution in [3.8, 4) is 0 Å². The fraction of sp³-hybridized carbons (Fsp3) is 0.750. The summed E-state index contributed by atoms with van der Waals surface area (Å²) in [5.74, 6) is 0.584. The maximum atomic E-state index is 11.5. The molecule has 1 aliphatic rings. The average molecular weight is 218 g/mol. The van der Waals surface area contributed by atoms with Gasteiger partial charge >= 0.3 is 0 Å². The molecule has 0 aromatic rings. The number of nitrogens with two attached hydrogens (primary N) is 1. The fourth-order valence-electron chi connectivity index (χ4n) is 1.40. The highest BCUT2D eigenvalue weighted by Gasteiger charge is 2.37. The zero-order valence-corrected chi connectivity index (χ0v) is 9.50. The van der Waals surface area contributed by atoms with E-state index in [1.807, 2.05) is 13.8 Å². The minimum Gasteiger partial charge on any atom is -0.330 e. The van der Waals surface area contributed by atoms with E-state index in [1.54, 1.807) is 4.90 Å². The molecule has 0 unspecified atom stereocenters. The Morgan fingerprint density at radius 2 is 2.31 bits per heavy atom. The van der Waals surface area contributed by atoms with Crippen LogP contribution >= 0.6 is 24.0 Å². The first-order chi connectivity index (χ1) is 5.99. The number of amides is 1. The van der Waals surface area contributed by atoms with E-state index < -0.39 is 0 Å². The van der Waals surface area contributed by atoms with Crippen molar-refractivity contribution in [2.75, 3.05) is 12.3 Å². The maximum absolute atomic E-state index is 11.5. The molecule has 1 fully saturated rings. The van der Waals surface area contributed by atoms with Crippen molar-refractivity contribution in [3.05, 3.63) is 0 Å². The van der Waals surface area contributed by atoms with Gasteiger partial charge in [-0.05, 0) is 26.8 Å². The Morgan fingerprint density at radius 3 is 2.69 bits per heavy atom. The van der Waals surface area contributed by atoms with Gasteiger partial charge in [-0.15, -0.1) is 0 Å². The van der Waals surface area contributed by atoms with Crippen LogP contribution in [0.25, 0.3) is 0 Å². The highest BCUT2D eigenvalue weighted by molar-refractivity contribution is 8.23. The first kappa shape index (κ1) is 10.9. The van der Waals surface area contributed by atoms with E-state index in [0.29, 0.717) is 16.6 Å². The van der Waals surface area contributed by atoms with Crippen LogP contribution in [0.5, 0.6) is 0 Å². The second-order valence-electron chi connectivity index (χ2n) is 3.63. The summed E-state index contributed by atoms with van der Waals surface area (Å²) in [6.45, 7) is 4.57. The third kappa shape index (κ3) is 2.21. The van der Waals surface area contributed by atoms with Crippen LogP contribution in [0.2, 0.25) is 0 Å². The summed E-state index contributed by atoms with van der Waals surface area (Å²) < 4.78 is 0.684. The van der Waals surface area contributed by atoms with Gasteiger partial charge < -0.3 is 5.73 Å². The van der Waals surface area contributed by atoms with Gasteiger partial charge in [0.05, 0.1) is 5.75 Å². The molecule has 0 radical (unpaired) electrons. The minimum atomic E-state index is -0.230. The van der Waals surface area contributed by atoms with Crippen molar-refractivity contribution in [1.82, 2.24) is 4.90 Å². The average Bonchev–Trinajstić information content (AvgIpc) is 2.31. The monoisotopic (exact) mass is 218 g/mol. The number of thiocarbonyl (C=S) groups is 1. The van der Waals surface area contributed by atoms with Gasteiger partial charge in [0.15, 0.2) is 0 Å². The van der Waals surface area contributed by atoms with Crippen LogP contribution in [0.15, 0.2) is 0 Å². The van der Waals surface area contributed by atoms with Crippen molar-refractivity contribution in [2.24, 2.45) is 5.73 Å². The smallest absolute Gasteiger partial charge is 0.238 e. The van der Waals surface area contributed by atoms with Gasteiger partial charge in [-0.25, -0.2) is 0 Å². The van der Waals surface area contributed by atoms with Crippen molar-refractivity contribution < 1.29 is 4.79 Å². The maximum Gasteiger partial charge on any atom is 0.238 e. The standard InChI is InChI=1S/C8H14N2OS2/c1-8(2,3-4-9)10-6(11)5-13-7(10)12/h3-5,9H2,1-2H3. The highest BCUT2D eigenvalue weighted by atomic mass is 32.2. The van der Waals surface area contributed by atoms with E-state index in [1.165, 1.54) is 11.8 Å². The molecular weight excluding hydrogens is 204 g/mol. The molecule has 1 saturated heterocycles. The summed E-state index contributed by atoms with van der Waals surface area (Å²) in [6, 6.07) is 0. The summed E-state index contributed by atoms with van der Waals surface area (Å²) >= 11 is 6.54. The van der Waals surface area contributed by atoms with Crippen molar-refractivity contribution in [3.63, 3.8) is 0 Å². The van der Waals surface area contributed by atoms with Gasteiger partial charge in [-0.3, -0.25) is 9.69 Å². The van der Waals surface area contributed by atoms with Gasteiger partial charge in [-0.1, -0.05) is 24.0 Å². The molecule has 0 aliphatic carbocycles. The predicted octanol–water partition coefficient (Wildman–Crippen LogP) is 0.974. The zero-order chi connectivity index (χ0) is 10.1. The Balaban J connectivity index is 2.79. The minimum absolute atomic E-state index is 0.105. The number of nitrogens with zero attached hydrogens (tertiary/aromatic N) is 1. The Bertz CT molecular complexity index is 224. The number of rotatable bonds is 3. The lowest BCUT2D eigenvalue weighted by molar-refractivity contribution is -0.127. The van der Waals surface area contributed by atoms with Crippen LogP contribution in [0, 0.1) is 0 Å². The number of carbonyl (C=O) groups excluding carboxylic acids is 1. The molecule has 0 aromatic carbocycles. The molecule has 1 heterocycles. The molecule has 1 aliphatic heterocycles. The number of carbonyl (C=O) groups is 1. The van der Waals surface area contributed by atoms with Gasteiger partial charge in [0.25, 0.3) is 0 Å². The third-order valence-electron chi connectivity index (χ3n) is 2.11. The van der Waals surface area contributed by atoms with Crippen LogP contribution in [0.4, 0.5) is 0 Å². The Morgan fingerprint density at radius 1 is 1.69 bits per heavy atom. The first-order valence-corrected chi connectivity index (χ1v) is 5.58. The molecule has 0 spiro atoms. The van der Waals surface area contributed by atoms with Crippen LogP contribution in [-0.2, 0) is 4.79 Å². The Hall–Kier alpha value is -0.130. The number of hydrogen-bond acceptors (Lipinski definition) is 4. The van der Waals surface area contributed by atoms with E-state index in [4.69, 9.17) is 18.0 Å². The molecule has 74 valence electrons. The molecule has 0 saturated carbocycles. The second-order valence-corrected chi connectivity index (χ2v) is 5.24. The lowest BCUT2D eigenvalue weighted by Gasteiger charge is -2.34. The third-order valence-corrected chi connectivity index (χ3v) is 3.47. The fourth-order valence-corrected chi connectivity index (χ4v) is 2.78. The largest absolute Gasteiger partial charge is 0.330 e. The quantitative estimate of drug-likeness (QED) is 0.717. The van der Waals surface area contributed by atoms with E-state index in [9.17, 15) is 4.79 Å². The van der Waals surface area contributed by atoms with Gasteiger partial charge in [0, 0.05) is 5.54 Å². The molecule has 0 atom stereocenters. The molecule has 2 N–H and O–H groups in total. The topological polar surface area (TPSA) is 46.3 Å². The molecular formula is C8H14N2OS2.